The first-order valence-electron chi connectivity index (χ1n) is 7.54. The molecule has 3 aromatic rings. The third kappa shape index (κ3) is 3.01. The maximum Gasteiger partial charge on any atom is 0.276 e. The zero-order valence-electron chi connectivity index (χ0n) is 13.4. The maximum atomic E-state index is 12.2. The molecule has 0 radical (unpaired) electrons. The molecule has 0 bridgehead atoms. The fourth-order valence-electron chi connectivity index (χ4n) is 2.32. The van der Waals surface area contributed by atoms with Crippen molar-refractivity contribution in [2.75, 3.05) is 5.32 Å². The van der Waals surface area contributed by atoms with Crippen LogP contribution in [-0.2, 0) is 6.54 Å². The van der Waals surface area contributed by atoms with Crippen LogP contribution in [0.5, 0.6) is 0 Å². The fourth-order valence-corrected chi connectivity index (χ4v) is 2.32. The van der Waals surface area contributed by atoms with Crippen LogP contribution in [0.2, 0.25) is 0 Å². The van der Waals surface area contributed by atoms with E-state index in [1.807, 2.05) is 49.6 Å². The number of amides is 1. The van der Waals surface area contributed by atoms with Gasteiger partial charge in [-0.1, -0.05) is 0 Å². The minimum Gasteiger partial charge on any atom is -0.321 e. The highest BCUT2D eigenvalue weighted by atomic mass is 16.1. The van der Waals surface area contributed by atoms with Crippen LogP contribution in [0.3, 0.4) is 0 Å². The first-order valence-corrected chi connectivity index (χ1v) is 7.54. The summed E-state index contributed by atoms with van der Waals surface area (Å²) in [6, 6.07) is 9.37. The lowest BCUT2D eigenvalue weighted by Gasteiger charge is -2.08. The van der Waals surface area contributed by atoms with Gasteiger partial charge in [-0.3, -0.25) is 9.48 Å². The van der Waals surface area contributed by atoms with Crippen LogP contribution in [0.1, 0.15) is 28.8 Å². The molecule has 1 aromatic carbocycles. The number of hydrogen-bond acceptors (Lipinski definition) is 3. The van der Waals surface area contributed by atoms with Crippen molar-refractivity contribution < 1.29 is 4.79 Å². The number of aryl methyl sites for hydroxylation is 2. The third-order valence-corrected chi connectivity index (χ3v) is 3.85. The van der Waals surface area contributed by atoms with Crippen LogP contribution in [-0.4, -0.2) is 25.2 Å². The second kappa shape index (κ2) is 6.08. The number of aromatic nitrogens is 4. The number of nitrogens with zero attached hydrogens (tertiary/aromatic N) is 4. The lowest BCUT2D eigenvalue weighted by atomic mass is 10.2. The van der Waals surface area contributed by atoms with E-state index in [9.17, 15) is 4.79 Å². The fraction of sp³-hybridized carbons (Fsp3) is 0.235. The molecular formula is C17H19N5O. The second-order valence-electron chi connectivity index (χ2n) is 5.34. The molecule has 0 atom stereocenters. The minimum atomic E-state index is -0.209. The van der Waals surface area contributed by atoms with Gasteiger partial charge in [0.15, 0.2) is 5.69 Å². The Balaban J connectivity index is 1.74. The molecule has 0 aliphatic rings. The van der Waals surface area contributed by atoms with E-state index in [-0.39, 0.29) is 5.91 Å². The second-order valence-corrected chi connectivity index (χ2v) is 5.34. The van der Waals surface area contributed by atoms with E-state index in [0.29, 0.717) is 5.69 Å². The molecule has 118 valence electrons. The monoisotopic (exact) mass is 309 g/mol. The van der Waals surface area contributed by atoms with Crippen molar-refractivity contribution in [1.29, 1.82) is 0 Å². The van der Waals surface area contributed by atoms with E-state index in [2.05, 4.69) is 15.4 Å². The minimum absolute atomic E-state index is 0.209. The van der Waals surface area contributed by atoms with Gasteiger partial charge in [0.1, 0.15) is 0 Å². The summed E-state index contributed by atoms with van der Waals surface area (Å²) in [6.45, 7) is 6.73. The molecule has 0 unspecified atom stereocenters. The smallest absolute Gasteiger partial charge is 0.276 e. The average molecular weight is 309 g/mol. The van der Waals surface area contributed by atoms with E-state index in [4.69, 9.17) is 0 Å². The van der Waals surface area contributed by atoms with Crippen molar-refractivity contribution in [2.45, 2.75) is 27.3 Å². The maximum absolute atomic E-state index is 12.2. The molecule has 0 aliphatic heterocycles. The predicted molar refractivity (Wildman–Crippen MR) is 88.9 cm³/mol. The molecule has 1 N–H and O–H groups in total. The molecule has 6 nitrogen and oxygen atoms in total. The largest absolute Gasteiger partial charge is 0.321 e. The number of hydrogen-bond donors (Lipinski definition) is 1. The Morgan fingerprint density at radius 2 is 1.91 bits per heavy atom. The molecule has 0 saturated heterocycles. The van der Waals surface area contributed by atoms with Crippen molar-refractivity contribution in [3.8, 4) is 5.69 Å². The highest BCUT2D eigenvalue weighted by molar-refractivity contribution is 6.02. The number of carbonyl (C=O) groups excluding carboxylic acids is 1. The summed E-state index contributed by atoms with van der Waals surface area (Å²) in [6.07, 6.45) is 3.60. The van der Waals surface area contributed by atoms with Gasteiger partial charge in [-0.2, -0.15) is 5.10 Å². The molecule has 2 aromatic heterocycles. The highest BCUT2D eigenvalue weighted by Gasteiger charge is 2.10. The van der Waals surface area contributed by atoms with Crippen molar-refractivity contribution in [2.24, 2.45) is 0 Å². The molecule has 0 saturated carbocycles. The third-order valence-electron chi connectivity index (χ3n) is 3.85. The van der Waals surface area contributed by atoms with E-state index < -0.39 is 0 Å². The summed E-state index contributed by atoms with van der Waals surface area (Å²) in [5, 5.41) is 7.05. The Hall–Kier alpha value is -2.89. The van der Waals surface area contributed by atoms with Crippen LogP contribution in [0.15, 0.2) is 42.9 Å². The Morgan fingerprint density at radius 3 is 2.48 bits per heavy atom. The summed E-state index contributed by atoms with van der Waals surface area (Å²) in [5.74, 6) is -0.209. The highest BCUT2D eigenvalue weighted by Crippen LogP contribution is 2.17. The molecule has 6 heteroatoms. The summed E-state index contributed by atoms with van der Waals surface area (Å²) in [7, 11) is 0. The van der Waals surface area contributed by atoms with Crippen LogP contribution in [0, 0.1) is 13.8 Å². The number of nitrogens with one attached hydrogen (secondary N) is 1. The Bertz CT molecular complexity index is 829. The van der Waals surface area contributed by atoms with E-state index in [1.54, 1.807) is 23.3 Å². The Kier molecular flexibility index (Phi) is 3.97. The van der Waals surface area contributed by atoms with Crippen LogP contribution in [0.25, 0.3) is 5.69 Å². The zero-order chi connectivity index (χ0) is 16.4. The first kappa shape index (κ1) is 15.0. The van der Waals surface area contributed by atoms with Gasteiger partial charge < -0.3 is 9.88 Å². The SMILES string of the molecule is CCn1ccc(C(=O)Nc2ccc(-n3cnc(C)c3C)cc2)n1. The lowest BCUT2D eigenvalue weighted by molar-refractivity contribution is 0.102. The number of rotatable bonds is 4. The van der Waals surface area contributed by atoms with E-state index in [1.165, 1.54) is 0 Å². The van der Waals surface area contributed by atoms with Crippen LogP contribution < -0.4 is 5.32 Å². The predicted octanol–water partition coefficient (Wildman–Crippen LogP) is 2.96. The van der Waals surface area contributed by atoms with Gasteiger partial charge in [0.2, 0.25) is 0 Å². The van der Waals surface area contributed by atoms with Gasteiger partial charge in [-0.15, -0.1) is 0 Å². The van der Waals surface area contributed by atoms with Crippen LogP contribution in [0.4, 0.5) is 5.69 Å². The Morgan fingerprint density at radius 1 is 1.17 bits per heavy atom. The van der Waals surface area contributed by atoms with E-state index >= 15 is 0 Å². The summed E-state index contributed by atoms with van der Waals surface area (Å²) < 4.78 is 3.74. The molecule has 0 spiro atoms. The number of imidazole rings is 1. The van der Waals surface area contributed by atoms with Gasteiger partial charge in [-0.05, 0) is 51.1 Å². The van der Waals surface area contributed by atoms with Crippen LogP contribution >= 0.6 is 0 Å². The van der Waals surface area contributed by atoms with Crippen molar-refractivity contribution in [1.82, 2.24) is 19.3 Å². The van der Waals surface area contributed by atoms with Gasteiger partial charge in [0, 0.05) is 29.8 Å². The van der Waals surface area contributed by atoms with E-state index in [0.717, 1.165) is 29.3 Å². The normalized spacial score (nSPS) is 10.7. The van der Waals surface area contributed by atoms with Gasteiger partial charge in [-0.25, -0.2) is 4.98 Å². The number of anilines is 1. The topological polar surface area (TPSA) is 64.7 Å². The summed E-state index contributed by atoms with van der Waals surface area (Å²) >= 11 is 0. The van der Waals surface area contributed by atoms with Gasteiger partial charge in [0.05, 0.1) is 12.0 Å². The van der Waals surface area contributed by atoms with Gasteiger partial charge >= 0.3 is 0 Å². The van der Waals surface area contributed by atoms with Crippen molar-refractivity contribution in [3.63, 3.8) is 0 Å². The van der Waals surface area contributed by atoms with Crippen molar-refractivity contribution >= 4 is 11.6 Å². The molecule has 23 heavy (non-hydrogen) atoms. The molecule has 2 heterocycles. The summed E-state index contributed by atoms with van der Waals surface area (Å²) in [5.41, 5.74) is 4.27. The Labute approximate surface area is 134 Å². The molecule has 3 rings (SSSR count). The number of benzene rings is 1. The first-order chi connectivity index (χ1) is 11.1. The lowest BCUT2D eigenvalue weighted by Crippen LogP contribution is -2.13. The molecule has 0 aliphatic carbocycles. The molecule has 0 fully saturated rings. The number of carbonyl (C=O) groups is 1. The van der Waals surface area contributed by atoms with Crippen molar-refractivity contribution in [3.05, 3.63) is 59.9 Å². The summed E-state index contributed by atoms with van der Waals surface area (Å²) in [4.78, 5) is 16.4. The quantitative estimate of drug-likeness (QED) is 0.806. The molecular weight excluding hydrogens is 290 g/mol. The standard InChI is InChI=1S/C17H19N5O/c1-4-21-10-9-16(20-21)17(23)19-14-5-7-15(8-6-14)22-11-18-12(2)13(22)3/h5-11H,4H2,1-3H3,(H,19,23). The molecule has 1 amide bonds. The zero-order valence-corrected chi connectivity index (χ0v) is 13.4. The average Bonchev–Trinajstić information content (AvgIpc) is 3.16. The van der Waals surface area contributed by atoms with Gasteiger partial charge in [0.25, 0.3) is 5.91 Å².